The van der Waals surface area contributed by atoms with Crippen LogP contribution in [-0.4, -0.2) is 32.2 Å². The van der Waals surface area contributed by atoms with Crippen molar-refractivity contribution >= 4 is 0 Å². The Morgan fingerprint density at radius 2 is 1.31 bits per heavy atom. The molecule has 0 fully saturated rings. The average Bonchev–Trinajstić information content (AvgIpc) is 2.22. The van der Waals surface area contributed by atoms with Crippen LogP contribution in [0.4, 0.5) is 0 Å². The molecule has 0 bridgehead atoms. The van der Waals surface area contributed by atoms with Crippen LogP contribution in [0.5, 0.6) is 0 Å². The van der Waals surface area contributed by atoms with Crippen molar-refractivity contribution in [3.8, 4) is 0 Å². The first-order chi connectivity index (χ1) is 7.47. The number of unbranched alkanes of at least 4 members (excludes halogenated alkanes) is 5. The van der Waals surface area contributed by atoms with Crippen LogP contribution in [0.1, 0.15) is 58.8 Å². The maximum atomic E-state index is 3.48. The SMILES string of the molecule is C=CCC.CCCCCCCC[N+](C)(C)C. The summed E-state index contributed by atoms with van der Waals surface area (Å²) in [5.74, 6) is 0. The van der Waals surface area contributed by atoms with Crippen molar-refractivity contribution in [2.75, 3.05) is 27.7 Å². The van der Waals surface area contributed by atoms with Gasteiger partial charge in [-0.25, -0.2) is 0 Å². The summed E-state index contributed by atoms with van der Waals surface area (Å²) >= 11 is 0. The minimum atomic E-state index is 1.08. The Labute approximate surface area is 104 Å². The molecule has 98 valence electrons. The highest BCUT2D eigenvalue weighted by Crippen LogP contribution is 2.06. The van der Waals surface area contributed by atoms with Crippen molar-refractivity contribution in [3.63, 3.8) is 0 Å². The van der Waals surface area contributed by atoms with Crippen molar-refractivity contribution in [1.82, 2.24) is 0 Å². The monoisotopic (exact) mass is 228 g/mol. The van der Waals surface area contributed by atoms with Crippen LogP contribution in [0.25, 0.3) is 0 Å². The maximum Gasteiger partial charge on any atom is 0.0780 e. The van der Waals surface area contributed by atoms with E-state index in [2.05, 4.69) is 41.6 Å². The molecule has 0 saturated carbocycles. The van der Waals surface area contributed by atoms with E-state index in [1.165, 1.54) is 45.1 Å². The van der Waals surface area contributed by atoms with Gasteiger partial charge in [0.2, 0.25) is 0 Å². The van der Waals surface area contributed by atoms with E-state index >= 15 is 0 Å². The third kappa shape index (κ3) is 23.5. The summed E-state index contributed by atoms with van der Waals surface area (Å²) in [6.45, 7) is 9.14. The summed E-state index contributed by atoms with van der Waals surface area (Å²) in [7, 11) is 6.81. The molecule has 0 unspecified atom stereocenters. The van der Waals surface area contributed by atoms with Crippen LogP contribution in [0, 0.1) is 0 Å². The van der Waals surface area contributed by atoms with Gasteiger partial charge in [-0.2, -0.15) is 0 Å². The smallest absolute Gasteiger partial charge is 0.0780 e. The van der Waals surface area contributed by atoms with Crippen molar-refractivity contribution in [3.05, 3.63) is 12.7 Å². The first-order valence-corrected chi connectivity index (χ1v) is 6.89. The van der Waals surface area contributed by atoms with Crippen LogP contribution in [0.2, 0.25) is 0 Å². The van der Waals surface area contributed by atoms with Gasteiger partial charge in [-0.05, 0) is 19.3 Å². The molecular weight excluding hydrogens is 194 g/mol. The molecule has 0 aliphatic rings. The van der Waals surface area contributed by atoms with E-state index in [1.54, 1.807) is 0 Å². The summed E-state index contributed by atoms with van der Waals surface area (Å²) in [6.07, 6.45) is 11.4. The molecule has 16 heavy (non-hydrogen) atoms. The molecule has 0 heterocycles. The molecule has 0 saturated heterocycles. The fourth-order valence-electron chi connectivity index (χ4n) is 1.37. The molecule has 0 spiro atoms. The minimum absolute atomic E-state index is 1.08. The normalized spacial score (nSPS) is 10.6. The number of allylic oxidation sites excluding steroid dienone is 1. The van der Waals surface area contributed by atoms with Gasteiger partial charge >= 0.3 is 0 Å². The van der Waals surface area contributed by atoms with Gasteiger partial charge in [-0.1, -0.05) is 45.6 Å². The predicted molar refractivity (Wildman–Crippen MR) is 76.8 cm³/mol. The molecular formula is C15H34N+. The highest BCUT2D eigenvalue weighted by atomic mass is 15.3. The Bertz CT molecular complexity index is 133. The van der Waals surface area contributed by atoms with E-state index in [4.69, 9.17) is 0 Å². The summed E-state index contributed by atoms with van der Waals surface area (Å²) in [5, 5.41) is 0. The van der Waals surface area contributed by atoms with E-state index in [1.807, 2.05) is 6.08 Å². The molecule has 1 heteroatoms. The first-order valence-electron chi connectivity index (χ1n) is 6.89. The Hall–Kier alpha value is -0.300. The number of nitrogens with zero attached hydrogens (tertiary/aromatic N) is 1. The molecule has 0 N–H and O–H groups in total. The Morgan fingerprint density at radius 1 is 0.875 bits per heavy atom. The lowest BCUT2D eigenvalue weighted by Gasteiger charge is -2.23. The number of hydrogen-bond acceptors (Lipinski definition) is 0. The van der Waals surface area contributed by atoms with Crippen LogP contribution in [-0.2, 0) is 0 Å². The molecule has 0 atom stereocenters. The van der Waals surface area contributed by atoms with Gasteiger partial charge in [0.1, 0.15) is 0 Å². The summed E-state index contributed by atoms with van der Waals surface area (Å²) < 4.78 is 1.12. The Morgan fingerprint density at radius 3 is 1.69 bits per heavy atom. The molecule has 0 amide bonds. The number of quaternary nitrogens is 1. The van der Waals surface area contributed by atoms with Gasteiger partial charge < -0.3 is 4.48 Å². The lowest BCUT2D eigenvalue weighted by atomic mass is 10.1. The van der Waals surface area contributed by atoms with Crippen molar-refractivity contribution in [2.24, 2.45) is 0 Å². The summed E-state index contributed by atoms with van der Waals surface area (Å²) in [6, 6.07) is 0. The Kier molecular flexibility index (Phi) is 14.4. The highest BCUT2D eigenvalue weighted by Gasteiger charge is 2.04. The Balaban J connectivity index is 0. The van der Waals surface area contributed by atoms with Crippen LogP contribution >= 0.6 is 0 Å². The maximum absolute atomic E-state index is 3.48. The molecule has 0 aliphatic carbocycles. The fraction of sp³-hybridized carbons (Fsp3) is 0.867. The van der Waals surface area contributed by atoms with Crippen molar-refractivity contribution in [2.45, 2.75) is 58.8 Å². The second-order valence-electron chi connectivity index (χ2n) is 5.48. The zero-order valence-corrected chi connectivity index (χ0v) is 12.4. The second kappa shape index (κ2) is 12.8. The van der Waals surface area contributed by atoms with Crippen molar-refractivity contribution < 1.29 is 4.48 Å². The summed E-state index contributed by atoms with van der Waals surface area (Å²) in [4.78, 5) is 0. The predicted octanol–water partition coefficient (Wildman–Crippen LogP) is 4.64. The number of rotatable bonds is 8. The zero-order valence-electron chi connectivity index (χ0n) is 12.4. The van der Waals surface area contributed by atoms with Gasteiger partial charge in [0.15, 0.2) is 0 Å². The van der Waals surface area contributed by atoms with Gasteiger partial charge in [0.05, 0.1) is 27.7 Å². The van der Waals surface area contributed by atoms with Crippen LogP contribution < -0.4 is 0 Å². The molecule has 0 aromatic heterocycles. The molecule has 0 rings (SSSR count). The lowest BCUT2D eigenvalue weighted by Crippen LogP contribution is -2.35. The van der Waals surface area contributed by atoms with Gasteiger partial charge in [0.25, 0.3) is 0 Å². The first kappa shape index (κ1) is 18.1. The highest BCUT2D eigenvalue weighted by molar-refractivity contribution is 4.60. The average molecular weight is 228 g/mol. The van der Waals surface area contributed by atoms with Gasteiger partial charge in [-0.15, -0.1) is 6.58 Å². The molecule has 0 aromatic carbocycles. The zero-order chi connectivity index (χ0) is 12.9. The molecule has 1 nitrogen and oxygen atoms in total. The van der Waals surface area contributed by atoms with E-state index in [9.17, 15) is 0 Å². The van der Waals surface area contributed by atoms with Crippen LogP contribution in [0.15, 0.2) is 12.7 Å². The quantitative estimate of drug-likeness (QED) is 0.323. The van der Waals surface area contributed by atoms with Crippen LogP contribution in [0.3, 0.4) is 0 Å². The summed E-state index contributed by atoms with van der Waals surface area (Å²) in [5.41, 5.74) is 0. The van der Waals surface area contributed by atoms with Crippen molar-refractivity contribution in [1.29, 1.82) is 0 Å². The minimum Gasteiger partial charge on any atom is -0.331 e. The lowest BCUT2D eigenvalue weighted by molar-refractivity contribution is -0.870. The number of hydrogen-bond donors (Lipinski definition) is 0. The topological polar surface area (TPSA) is 0 Å². The van der Waals surface area contributed by atoms with E-state index in [0.29, 0.717) is 0 Å². The fourth-order valence-corrected chi connectivity index (χ4v) is 1.37. The van der Waals surface area contributed by atoms with Gasteiger partial charge in [0, 0.05) is 0 Å². The van der Waals surface area contributed by atoms with Gasteiger partial charge in [-0.3, -0.25) is 0 Å². The molecule has 0 aliphatic heterocycles. The third-order valence-corrected chi connectivity index (χ3v) is 2.47. The molecule has 0 radical (unpaired) electrons. The third-order valence-electron chi connectivity index (χ3n) is 2.47. The second-order valence-corrected chi connectivity index (χ2v) is 5.48. The van der Waals surface area contributed by atoms with E-state index < -0.39 is 0 Å². The van der Waals surface area contributed by atoms with E-state index in [-0.39, 0.29) is 0 Å². The standard InChI is InChI=1S/C11H26N.C4H8/c1-5-6-7-8-9-10-11-12(2,3)4;1-3-4-2/h5-11H2,1-4H3;3H,1,4H2,2H3/q+1;. The molecule has 0 aromatic rings. The largest absolute Gasteiger partial charge is 0.331 e. The van der Waals surface area contributed by atoms with E-state index in [0.717, 1.165) is 10.9 Å².